The molecule has 1 aromatic rings. The van der Waals surface area contributed by atoms with Crippen molar-refractivity contribution < 1.29 is 9.90 Å². The van der Waals surface area contributed by atoms with Gasteiger partial charge in [0.15, 0.2) is 0 Å². The maximum absolute atomic E-state index is 11.2. The van der Waals surface area contributed by atoms with Crippen LogP contribution in [0.3, 0.4) is 0 Å². The van der Waals surface area contributed by atoms with Gasteiger partial charge in [0, 0.05) is 5.02 Å². The van der Waals surface area contributed by atoms with Crippen LogP contribution in [0.2, 0.25) is 5.02 Å². The van der Waals surface area contributed by atoms with E-state index in [1.165, 1.54) is 0 Å². The molecule has 1 aliphatic carbocycles. The molecule has 1 aliphatic rings. The SMILES string of the molecule is CCC(C)c1ccc(C2(C(=O)O)CC2)cc1Cl. The number of halogens is 1. The van der Waals surface area contributed by atoms with Crippen molar-refractivity contribution in [1.82, 2.24) is 0 Å². The normalized spacial score (nSPS) is 18.8. The van der Waals surface area contributed by atoms with E-state index in [2.05, 4.69) is 13.8 Å². The molecule has 0 radical (unpaired) electrons. The van der Waals surface area contributed by atoms with Gasteiger partial charge in [-0.05, 0) is 42.4 Å². The summed E-state index contributed by atoms with van der Waals surface area (Å²) in [4.78, 5) is 11.2. The van der Waals surface area contributed by atoms with E-state index in [0.29, 0.717) is 10.9 Å². The van der Waals surface area contributed by atoms with Crippen LogP contribution < -0.4 is 0 Å². The maximum Gasteiger partial charge on any atom is 0.314 e. The molecule has 1 fully saturated rings. The molecule has 1 aromatic carbocycles. The van der Waals surface area contributed by atoms with Gasteiger partial charge in [-0.3, -0.25) is 4.79 Å². The molecule has 17 heavy (non-hydrogen) atoms. The summed E-state index contributed by atoms with van der Waals surface area (Å²) in [6.07, 6.45) is 2.48. The second-order valence-corrected chi connectivity index (χ2v) is 5.34. The monoisotopic (exact) mass is 252 g/mol. The number of carbonyl (C=O) groups is 1. The van der Waals surface area contributed by atoms with Crippen molar-refractivity contribution in [3.8, 4) is 0 Å². The summed E-state index contributed by atoms with van der Waals surface area (Å²) in [5.74, 6) is -0.318. The highest BCUT2D eigenvalue weighted by atomic mass is 35.5. The van der Waals surface area contributed by atoms with Crippen LogP contribution in [-0.2, 0) is 10.2 Å². The van der Waals surface area contributed by atoms with E-state index in [9.17, 15) is 9.90 Å². The van der Waals surface area contributed by atoms with E-state index < -0.39 is 11.4 Å². The van der Waals surface area contributed by atoms with Gasteiger partial charge in [-0.15, -0.1) is 0 Å². The fourth-order valence-corrected chi connectivity index (χ4v) is 2.56. The predicted molar refractivity (Wildman–Crippen MR) is 68.7 cm³/mol. The molecule has 2 rings (SSSR count). The molecule has 1 unspecified atom stereocenters. The third-order valence-electron chi connectivity index (χ3n) is 3.86. The minimum absolute atomic E-state index is 0.413. The molecule has 0 aliphatic heterocycles. The van der Waals surface area contributed by atoms with Gasteiger partial charge in [-0.1, -0.05) is 37.6 Å². The van der Waals surface area contributed by atoms with E-state index in [1.54, 1.807) is 0 Å². The number of carboxylic acids is 1. The number of hydrogen-bond acceptors (Lipinski definition) is 1. The Labute approximate surface area is 107 Å². The Kier molecular flexibility index (Phi) is 3.17. The number of benzene rings is 1. The summed E-state index contributed by atoms with van der Waals surface area (Å²) >= 11 is 6.25. The zero-order valence-corrected chi connectivity index (χ0v) is 10.9. The van der Waals surface area contributed by atoms with Crippen molar-refractivity contribution in [2.24, 2.45) is 0 Å². The fourth-order valence-electron chi connectivity index (χ4n) is 2.20. The van der Waals surface area contributed by atoms with Crippen LogP contribution >= 0.6 is 11.6 Å². The zero-order chi connectivity index (χ0) is 12.6. The number of rotatable bonds is 4. The van der Waals surface area contributed by atoms with Crippen molar-refractivity contribution in [3.05, 3.63) is 34.3 Å². The Morgan fingerprint density at radius 3 is 2.59 bits per heavy atom. The van der Waals surface area contributed by atoms with E-state index in [1.807, 2.05) is 18.2 Å². The lowest BCUT2D eigenvalue weighted by Crippen LogP contribution is -2.19. The highest BCUT2D eigenvalue weighted by Gasteiger charge is 2.51. The molecule has 0 amide bonds. The molecule has 2 nitrogen and oxygen atoms in total. The van der Waals surface area contributed by atoms with Crippen molar-refractivity contribution in [2.75, 3.05) is 0 Å². The lowest BCUT2D eigenvalue weighted by Gasteiger charge is -2.15. The van der Waals surface area contributed by atoms with Gasteiger partial charge in [0.1, 0.15) is 0 Å². The molecule has 0 spiro atoms. The van der Waals surface area contributed by atoms with Crippen molar-refractivity contribution in [3.63, 3.8) is 0 Å². The standard InChI is InChI=1S/C14H17ClO2/c1-3-9(2)11-5-4-10(8-12(11)15)14(6-7-14)13(16)17/h4-5,8-9H,3,6-7H2,1-2H3,(H,16,17). The molecule has 0 heterocycles. The molecule has 0 aromatic heterocycles. The first-order chi connectivity index (χ1) is 8.01. The predicted octanol–water partition coefficient (Wildman–Crippen LogP) is 3.97. The number of aliphatic carboxylic acids is 1. The molecular formula is C14H17ClO2. The van der Waals surface area contributed by atoms with Gasteiger partial charge in [0.05, 0.1) is 5.41 Å². The Morgan fingerprint density at radius 2 is 2.18 bits per heavy atom. The number of carboxylic acid groups (broad SMARTS) is 1. The minimum atomic E-state index is -0.732. The largest absolute Gasteiger partial charge is 0.481 e. The van der Waals surface area contributed by atoms with Crippen molar-refractivity contribution in [2.45, 2.75) is 44.4 Å². The lowest BCUT2D eigenvalue weighted by molar-refractivity contribution is -0.140. The fraction of sp³-hybridized carbons (Fsp3) is 0.500. The smallest absolute Gasteiger partial charge is 0.314 e. The van der Waals surface area contributed by atoms with Crippen LogP contribution in [0.4, 0.5) is 0 Å². The van der Waals surface area contributed by atoms with E-state index in [0.717, 1.165) is 30.4 Å². The molecule has 1 N–H and O–H groups in total. The van der Waals surface area contributed by atoms with Crippen molar-refractivity contribution in [1.29, 1.82) is 0 Å². The Balaban J connectivity index is 2.35. The first kappa shape index (κ1) is 12.4. The van der Waals surface area contributed by atoms with E-state index in [-0.39, 0.29) is 0 Å². The van der Waals surface area contributed by atoms with Crippen LogP contribution in [0.15, 0.2) is 18.2 Å². The zero-order valence-electron chi connectivity index (χ0n) is 10.2. The first-order valence-corrected chi connectivity index (χ1v) is 6.42. The number of hydrogen-bond donors (Lipinski definition) is 1. The molecule has 3 heteroatoms. The topological polar surface area (TPSA) is 37.3 Å². The average Bonchev–Trinajstić information content (AvgIpc) is 3.09. The molecule has 0 bridgehead atoms. The highest BCUT2D eigenvalue weighted by molar-refractivity contribution is 6.31. The van der Waals surface area contributed by atoms with E-state index in [4.69, 9.17) is 11.6 Å². The van der Waals surface area contributed by atoms with Gasteiger partial charge in [0.25, 0.3) is 0 Å². The lowest BCUT2D eigenvalue weighted by atomic mass is 9.91. The second-order valence-electron chi connectivity index (χ2n) is 4.93. The van der Waals surface area contributed by atoms with Crippen LogP contribution in [-0.4, -0.2) is 11.1 Å². The summed E-state index contributed by atoms with van der Waals surface area (Å²) in [6.45, 7) is 4.25. The molecule has 1 saturated carbocycles. The van der Waals surface area contributed by atoms with Gasteiger partial charge in [0.2, 0.25) is 0 Å². The summed E-state index contributed by atoms with van der Waals surface area (Å²) in [5, 5.41) is 9.93. The first-order valence-electron chi connectivity index (χ1n) is 6.04. The van der Waals surface area contributed by atoms with Crippen LogP contribution in [0.25, 0.3) is 0 Å². The third-order valence-corrected chi connectivity index (χ3v) is 4.18. The Hall–Kier alpha value is -1.02. The molecular weight excluding hydrogens is 236 g/mol. The second kappa shape index (κ2) is 4.34. The highest BCUT2D eigenvalue weighted by Crippen LogP contribution is 2.49. The summed E-state index contributed by atoms with van der Waals surface area (Å²) in [7, 11) is 0. The molecule has 1 atom stereocenters. The summed E-state index contributed by atoms with van der Waals surface area (Å²) in [5.41, 5.74) is 1.30. The Morgan fingerprint density at radius 1 is 1.53 bits per heavy atom. The van der Waals surface area contributed by atoms with Crippen molar-refractivity contribution >= 4 is 17.6 Å². The van der Waals surface area contributed by atoms with Gasteiger partial charge < -0.3 is 5.11 Å². The molecule has 0 saturated heterocycles. The molecule has 92 valence electrons. The van der Waals surface area contributed by atoms with E-state index >= 15 is 0 Å². The maximum atomic E-state index is 11.2. The van der Waals surface area contributed by atoms with Gasteiger partial charge in [-0.25, -0.2) is 0 Å². The van der Waals surface area contributed by atoms with Crippen LogP contribution in [0.5, 0.6) is 0 Å². The van der Waals surface area contributed by atoms with Gasteiger partial charge in [-0.2, -0.15) is 0 Å². The summed E-state index contributed by atoms with van der Waals surface area (Å²) < 4.78 is 0. The third kappa shape index (κ3) is 2.06. The quantitative estimate of drug-likeness (QED) is 0.880. The Bertz CT molecular complexity index is 450. The summed E-state index contributed by atoms with van der Waals surface area (Å²) in [6, 6.07) is 5.74. The average molecular weight is 253 g/mol. The van der Waals surface area contributed by atoms with Crippen LogP contribution in [0.1, 0.15) is 50.2 Å². The van der Waals surface area contributed by atoms with Crippen LogP contribution in [0, 0.1) is 0 Å². The minimum Gasteiger partial charge on any atom is -0.481 e. The van der Waals surface area contributed by atoms with Gasteiger partial charge >= 0.3 is 5.97 Å².